The van der Waals surface area contributed by atoms with E-state index < -0.39 is 0 Å². The van der Waals surface area contributed by atoms with Gasteiger partial charge in [-0.2, -0.15) is 0 Å². The van der Waals surface area contributed by atoms with Gasteiger partial charge in [-0.3, -0.25) is 0 Å². The Kier molecular flexibility index (Phi) is 3.19. The van der Waals surface area contributed by atoms with Gasteiger partial charge in [0.15, 0.2) is 0 Å². The first-order valence-electron chi connectivity index (χ1n) is 5.19. The summed E-state index contributed by atoms with van der Waals surface area (Å²) >= 11 is 0. The Balaban J connectivity index is 1.78. The van der Waals surface area contributed by atoms with Crippen LogP contribution in [0.1, 0.15) is 12.0 Å². The second kappa shape index (κ2) is 4.79. The van der Waals surface area contributed by atoms with Gasteiger partial charge in [0, 0.05) is 44.4 Å². The Hall–Kier alpha value is -1.55. The lowest BCUT2D eigenvalue weighted by atomic mass is 10.3. The third kappa shape index (κ3) is 2.70. The fourth-order valence-electron chi connectivity index (χ4n) is 1.61. The van der Waals surface area contributed by atoms with E-state index in [1.807, 2.05) is 18.7 Å². The van der Waals surface area contributed by atoms with Gasteiger partial charge >= 0.3 is 0 Å². The maximum atomic E-state index is 5.54. The lowest BCUT2D eigenvalue weighted by molar-refractivity contribution is 0.564. The van der Waals surface area contributed by atoms with Crippen LogP contribution in [0.5, 0.6) is 0 Å². The summed E-state index contributed by atoms with van der Waals surface area (Å²) in [6, 6.07) is 2.07. The molecule has 2 aromatic heterocycles. The van der Waals surface area contributed by atoms with Gasteiger partial charge in [0.1, 0.15) is 0 Å². The van der Waals surface area contributed by atoms with Crippen molar-refractivity contribution in [2.75, 3.05) is 0 Å². The highest BCUT2D eigenvalue weighted by Crippen LogP contribution is 2.02. The quantitative estimate of drug-likeness (QED) is 0.796. The van der Waals surface area contributed by atoms with Crippen LogP contribution in [0.25, 0.3) is 0 Å². The van der Waals surface area contributed by atoms with Crippen LogP contribution in [-0.4, -0.2) is 14.1 Å². The predicted octanol–water partition coefficient (Wildman–Crippen LogP) is 1.23. The Labute approximate surface area is 89.3 Å². The summed E-state index contributed by atoms with van der Waals surface area (Å²) < 4.78 is 4.27. The van der Waals surface area contributed by atoms with E-state index in [9.17, 15) is 0 Å². The number of aromatic nitrogens is 3. The van der Waals surface area contributed by atoms with E-state index in [2.05, 4.69) is 32.6 Å². The molecule has 0 amide bonds. The molecule has 0 saturated carbocycles. The molecule has 0 atom stereocenters. The summed E-state index contributed by atoms with van der Waals surface area (Å²) in [6.45, 7) is 2.66. The molecule has 80 valence electrons. The molecular formula is C11H16N4. The maximum absolute atomic E-state index is 5.54. The van der Waals surface area contributed by atoms with E-state index in [0.717, 1.165) is 19.5 Å². The molecule has 2 rings (SSSR count). The molecule has 2 N–H and O–H groups in total. The standard InChI is InChI=1S/C11H16N4/c12-8-11-2-6-14(9-11)4-1-5-15-7-3-13-10-15/h2-3,6-7,9-10H,1,4-5,8,12H2. The monoisotopic (exact) mass is 204 g/mol. The fourth-order valence-corrected chi connectivity index (χ4v) is 1.61. The van der Waals surface area contributed by atoms with E-state index in [1.54, 1.807) is 0 Å². The van der Waals surface area contributed by atoms with Crippen molar-refractivity contribution in [1.82, 2.24) is 14.1 Å². The van der Waals surface area contributed by atoms with Crippen LogP contribution in [0.15, 0.2) is 37.2 Å². The van der Waals surface area contributed by atoms with Crippen LogP contribution in [0.4, 0.5) is 0 Å². The van der Waals surface area contributed by atoms with Crippen molar-refractivity contribution in [3.05, 3.63) is 42.7 Å². The third-order valence-corrected chi connectivity index (χ3v) is 2.44. The molecule has 4 heteroatoms. The third-order valence-electron chi connectivity index (χ3n) is 2.44. The molecule has 0 bridgehead atoms. The molecule has 4 nitrogen and oxygen atoms in total. The molecule has 0 unspecified atom stereocenters. The van der Waals surface area contributed by atoms with Gasteiger partial charge in [-0.05, 0) is 18.1 Å². The lowest BCUT2D eigenvalue weighted by Gasteiger charge is -2.03. The lowest BCUT2D eigenvalue weighted by Crippen LogP contribution is -2.01. The number of imidazole rings is 1. The van der Waals surface area contributed by atoms with Crippen LogP contribution in [0.3, 0.4) is 0 Å². The zero-order valence-electron chi connectivity index (χ0n) is 8.71. The van der Waals surface area contributed by atoms with E-state index in [-0.39, 0.29) is 0 Å². The molecule has 0 aliphatic rings. The van der Waals surface area contributed by atoms with Gasteiger partial charge in [-0.1, -0.05) is 0 Å². The highest BCUT2D eigenvalue weighted by Gasteiger charge is 1.95. The average molecular weight is 204 g/mol. The summed E-state index contributed by atoms with van der Waals surface area (Å²) in [6.07, 6.45) is 10.9. The average Bonchev–Trinajstić information content (AvgIpc) is 2.88. The molecule has 0 fully saturated rings. The summed E-state index contributed by atoms with van der Waals surface area (Å²) in [5, 5.41) is 0. The largest absolute Gasteiger partial charge is 0.354 e. The summed E-state index contributed by atoms with van der Waals surface area (Å²) in [4.78, 5) is 4.00. The molecule has 2 heterocycles. The van der Waals surface area contributed by atoms with Crippen molar-refractivity contribution < 1.29 is 0 Å². The number of rotatable bonds is 5. The van der Waals surface area contributed by atoms with Crippen LogP contribution >= 0.6 is 0 Å². The molecule has 15 heavy (non-hydrogen) atoms. The van der Waals surface area contributed by atoms with Crippen LogP contribution in [0, 0.1) is 0 Å². The number of hydrogen-bond acceptors (Lipinski definition) is 2. The van der Waals surface area contributed by atoms with Gasteiger partial charge in [0.2, 0.25) is 0 Å². The van der Waals surface area contributed by atoms with Gasteiger partial charge in [-0.25, -0.2) is 4.98 Å². The highest BCUT2D eigenvalue weighted by molar-refractivity contribution is 5.09. The molecular weight excluding hydrogens is 188 g/mol. The van der Waals surface area contributed by atoms with Crippen molar-refractivity contribution in [1.29, 1.82) is 0 Å². The topological polar surface area (TPSA) is 48.8 Å². The molecule has 2 aromatic rings. The molecule has 0 saturated heterocycles. The number of nitrogens with two attached hydrogens (primary N) is 1. The molecule has 0 spiro atoms. The van der Waals surface area contributed by atoms with Crippen molar-refractivity contribution >= 4 is 0 Å². The minimum atomic E-state index is 0.620. The smallest absolute Gasteiger partial charge is 0.0945 e. The zero-order chi connectivity index (χ0) is 10.5. The van der Waals surface area contributed by atoms with Gasteiger partial charge in [0.25, 0.3) is 0 Å². The number of nitrogens with zero attached hydrogens (tertiary/aromatic N) is 3. The minimum Gasteiger partial charge on any atom is -0.354 e. The molecule has 0 aliphatic carbocycles. The maximum Gasteiger partial charge on any atom is 0.0945 e. The summed E-state index contributed by atoms with van der Waals surface area (Å²) in [5.41, 5.74) is 6.74. The van der Waals surface area contributed by atoms with Gasteiger partial charge in [-0.15, -0.1) is 0 Å². The summed E-state index contributed by atoms with van der Waals surface area (Å²) in [7, 11) is 0. The molecule has 0 aromatic carbocycles. The number of hydrogen-bond donors (Lipinski definition) is 1. The van der Waals surface area contributed by atoms with E-state index in [4.69, 9.17) is 5.73 Å². The van der Waals surface area contributed by atoms with Crippen LogP contribution in [0.2, 0.25) is 0 Å². The zero-order valence-corrected chi connectivity index (χ0v) is 8.71. The van der Waals surface area contributed by atoms with Crippen LogP contribution < -0.4 is 5.73 Å². The number of aryl methyl sites for hydroxylation is 2. The Morgan fingerprint density at radius 2 is 2.07 bits per heavy atom. The van der Waals surface area contributed by atoms with E-state index in [0.29, 0.717) is 6.54 Å². The van der Waals surface area contributed by atoms with Gasteiger partial charge in [0.05, 0.1) is 6.33 Å². The van der Waals surface area contributed by atoms with Crippen LogP contribution in [-0.2, 0) is 19.6 Å². The summed E-state index contributed by atoms with van der Waals surface area (Å²) in [5.74, 6) is 0. The first-order valence-corrected chi connectivity index (χ1v) is 5.19. The first-order chi connectivity index (χ1) is 7.38. The van der Waals surface area contributed by atoms with E-state index >= 15 is 0 Å². The van der Waals surface area contributed by atoms with Crippen molar-refractivity contribution in [3.63, 3.8) is 0 Å². The molecule has 0 aliphatic heterocycles. The van der Waals surface area contributed by atoms with Gasteiger partial charge < -0.3 is 14.9 Å². The first kappa shape index (κ1) is 9.98. The fraction of sp³-hybridized carbons (Fsp3) is 0.364. The highest BCUT2D eigenvalue weighted by atomic mass is 15.0. The predicted molar refractivity (Wildman–Crippen MR) is 59.2 cm³/mol. The van der Waals surface area contributed by atoms with E-state index in [1.165, 1.54) is 5.56 Å². The normalized spacial score (nSPS) is 10.7. The second-order valence-corrected chi connectivity index (χ2v) is 3.62. The minimum absolute atomic E-state index is 0.620. The Bertz CT molecular complexity index is 388. The molecule has 0 radical (unpaired) electrons. The SMILES string of the molecule is NCc1ccn(CCCn2ccnc2)c1. The Morgan fingerprint density at radius 1 is 1.20 bits per heavy atom. The van der Waals surface area contributed by atoms with Crippen molar-refractivity contribution in [2.24, 2.45) is 5.73 Å². The second-order valence-electron chi connectivity index (χ2n) is 3.62. The van der Waals surface area contributed by atoms with Crippen molar-refractivity contribution in [2.45, 2.75) is 26.1 Å². The Morgan fingerprint density at radius 3 is 2.73 bits per heavy atom. The van der Waals surface area contributed by atoms with Crippen molar-refractivity contribution in [3.8, 4) is 0 Å².